The first-order valence-corrected chi connectivity index (χ1v) is 7.26. The summed E-state index contributed by atoms with van der Waals surface area (Å²) in [4.78, 5) is 14.7. The molecule has 0 aliphatic carbocycles. The number of carbonyl (C=O) groups excluding carboxylic acids is 1. The average molecular weight is 267 g/mol. The van der Waals surface area contributed by atoms with Crippen molar-refractivity contribution < 1.29 is 9.90 Å². The second kappa shape index (κ2) is 7.44. The van der Waals surface area contributed by atoms with E-state index in [1.54, 1.807) is 6.92 Å². The molecule has 100 valence electrons. The summed E-state index contributed by atoms with van der Waals surface area (Å²) in [6.45, 7) is 7.19. The molecule has 1 aromatic carbocycles. The molecule has 1 atom stereocenters. The number of aliphatic hydroxyl groups is 1. The summed E-state index contributed by atoms with van der Waals surface area (Å²) in [5.74, 6) is 0.566. The van der Waals surface area contributed by atoms with Gasteiger partial charge in [-0.3, -0.25) is 4.79 Å². The molecule has 18 heavy (non-hydrogen) atoms. The fourth-order valence-corrected chi connectivity index (χ4v) is 2.81. The zero-order valence-corrected chi connectivity index (χ0v) is 12.0. The van der Waals surface area contributed by atoms with Gasteiger partial charge in [0.05, 0.1) is 11.9 Å². The minimum atomic E-state index is -0.503. The lowest BCUT2D eigenvalue weighted by atomic mass is 10.1. The summed E-state index contributed by atoms with van der Waals surface area (Å²) in [6, 6.07) is 7.67. The van der Waals surface area contributed by atoms with Crippen LogP contribution in [0, 0.1) is 0 Å². The van der Waals surface area contributed by atoms with Crippen molar-refractivity contribution in [1.29, 1.82) is 0 Å². The van der Waals surface area contributed by atoms with Gasteiger partial charge in [-0.1, -0.05) is 18.2 Å². The molecule has 0 saturated carbocycles. The van der Waals surface area contributed by atoms with Crippen LogP contribution in [0.5, 0.6) is 0 Å². The van der Waals surface area contributed by atoms with E-state index in [9.17, 15) is 9.90 Å². The van der Waals surface area contributed by atoms with Gasteiger partial charge in [0.1, 0.15) is 0 Å². The fourth-order valence-electron chi connectivity index (χ4n) is 1.76. The largest absolute Gasteiger partial charge is 0.389 e. The maximum atomic E-state index is 11.9. The first kappa shape index (κ1) is 15.1. The molecule has 4 heteroatoms. The third kappa shape index (κ3) is 4.03. The van der Waals surface area contributed by atoms with Crippen LogP contribution >= 0.6 is 11.8 Å². The van der Waals surface area contributed by atoms with Crippen molar-refractivity contribution in [3.05, 3.63) is 29.8 Å². The summed E-state index contributed by atoms with van der Waals surface area (Å²) in [7, 11) is 0. The predicted octanol–water partition coefficient (Wildman–Crippen LogP) is 2.70. The van der Waals surface area contributed by atoms with Gasteiger partial charge >= 0.3 is 0 Å². The Balaban J connectivity index is 2.66. The highest BCUT2D eigenvalue weighted by Crippen LogP contribution is 2.27. The molecule has 0 unspecified atom stereocenters. The lowest BCUT2D eigenvalue weighted by Gasteiger charge is -2.19. The molecule has 1 aromatic rings. The van der Waals surface area contributed by atoms with E-state index in [0.717, 1.165) is 23.5 Å². The van der Waals surface area contributed by atoms with E-state index in [1.807, 2.05) is 43.0 Å². The van der Waals surface area contributed by atoms with Crippen molar-refractivity contribution in [2.24, 2.45) is 0 Å². The topological polar surface area (TPSA) is 40.5 Å². The van der Waals surface area contributed by atoms with Gasteiger partial charge < -0.3 is 10.0 Å². The van der Waals surface area contributed by atoms with E-state index in [4.69, 9.17) is 0 Å². The van der Waals surface area contributed by atoms with E-state index in [1.165, 1.54) is 11.8 Å². The number of thioether (sulfide) groups is 1. The normalized spacial score (nSPS) is 12.2. The first-order valence-electron chi connectivity index (χ1n) is 6.27. The van der Waals surface area contributed by atoms with Gasteiger partial charge in [-0.25, -0.2) is 0 Å². The molecule has 3 nitrogen and oxygen atoms in total. The molecule has 0 aliphatic heterocycles. The Labute approximate surface area is 113 Å². The van der Waals surface area contributed by atoms with Crippen molar-refractivity contribution in [1.82, 2.24) is 4.90 Å². The Morgan fingerprint density at radius 2 is 1.94 bits per heavy atom. The zero-order valence-electron chi connectivity index (χ0n) is 11.2. The van der Waals surface area contributed by atoms with Crippen LogP contribution in [0.3, 0.4) is 0 Å². The number of hydrogen-bond acceptors (Lipinski definition) is 3. The lowest BCUT2D eigenvalue weighted by molar-refractivity contribution is -0.127. The molecule has 0 bridgehead atoms. The van der Waals surface area contributed by atoms with Gasteiger partial charge in [0.15, 0.2) is 0 Å². The zero-order chi connectivity index (χ0) is 13.5. The number of rotatable bonds is 6. The van der Waals surface area contributed by atoms with E-state index in [0.29, 0.717) is 5.75 Å². The van der Waals surface area contributed by atoms with Crippen LogP contribution in [0.25, 0.3) is 0 Å². The van der Waals surface area contributed by atoms with Crippen molar-refractivity contribution in [2.45, 2.75) is 31.8 Å². The van der Waals surface area contributed by atoms with E-state index in [2.05, 4.69) is 0 Å². The number of aliphatic hydroxyl groups excluding tert-OH is 1. The molecule has 0 fully saturated rings. The number of amides is 1. The molecule has 1 amide bonds. The molecule has 1 N–H and O–H groups in total. The van der Waals surface area contributed by atoms with Gasteiger partial charge in [-0.2, -0.15) is 0 Å². The van der Waals surface area contributed by atoms with Gasteiger partial charge in [-0.05, 0) is 32.4 Å². The van der Waals surface area contributed by atoms with Gasteiger partial charge in [0.25, 0.3) is 0 Å². The van der Waals surface area contributed by atoms with Gasteiger partial charge in [0, 0.05) is 18.0 Å². The van der Waals surface area contributed by atoms with Crippen LogP contribution in [-0.4, -0.2) is 34.8 Å². The van der Waals surface area contributed by atoms with E-state index < -0.39 is 6.10 Å². The molecule has 0 heterocycles. The Hall–Kier alpha value is -1.00. The molecule has 1 rings (SSSR count). The smallest absolute Gasteiger partial charge is 0.232 e. The standard InChI is InChI=1S/C14H21NO2S/c1-4-15(5-2)14(17)10-18-13-9-7-6-8-12(13)11(3)16/h6-9,11,16H,4-5,10H2,1-3H3/t11-/m0/s1. The highest BCUT2D eigenvalue weighted by molar-refractivity contribution is 8.00. The average Bonchev–Trinajstić information content (AvgIpc) is 2.38. The second-order valence-electron chi connectivity index (χ2n) is 4.07. The minimum Gasteiger partial charge on any atom is -0.389 e. The van der Waals surface area contributed by atoms with Crippen molar-refractivity contribution in [3.63, 3.8) is 0 Å². The van der Waals surface area contributed by atoms with Crippen LogP contribution in [0.4, 0.5) is 0 Å². The molecular weight excluding hydrogens is 246 g/mol. The van der Waals surface area contributed by atoms with Crippen molar-refractivity contribution in [3.8, 4) is 0 Å². The molecule has 0 aliphatic rings. The Kier molecular flexibility index (Phi) is 6.22. The quantitative estimate of drug-likeness (QED) is 0.806. The lowest BCUT2D eigenvalue weighted by Crippen LogP contribution is -2.31. The van der Waals surface area contributed by atoms with Crippen molar-refractivity contribution in [2.75, 3.05) is 18.8 Å². The molecule has 0 spiro atoms. The van der Waals surface area contributed by atoms with Crippen LogP contribution < -0.4 is 0 Å². The number of hydrogen-bond donors (Lipinski definition) is 1. The Morgan fingerprint density at radius 3 is 2.50 bits per heavy atom. The number of carbonyl (C=O) groups is 1. The van der Waals surface area contributed by atoms with E-state index >= 15 is 0 Å². The SMILES string of the molecule is CCN(CC)C(=O)CSc1ccccc1[C@H](C)O. The first-order chi connectivity index (χ1) is 8.60. The minimum absolute atomic E-state index is 0.144. The summed E-state index contributed by atoms with van der Waals surface area (Å²) < 4.78 is 0. The molecule has 0 saturated heterocycles. The van der Waals surface area contributed by atoms with Crippen molar-refractivity contribution >= 4 is 17.7 Å². The summed E-state index contributed by atoms with van der Waals surface area (Å²) >= 11 is 1.49. The third-order valence-electron chi connectivity index (χ3n) is 2.84. The van der Waals surface area contributed by atoms with Crippen LogP contribution in [0.15, 0.2) is 29.2 Å². The third-order valence-corrected chi connectivity index (χ3v) is 3.91. The second-order valence-corrected chi connectivity index (χ2v) is 5.09. The number of nitrogens with zero attached hydrogens (tertiary/aromatic N) is 1. The Bertz CT molecular complexity index is 389. The predicted molar refractivity (Wildman–Crippen MR) is 75.7 cm³/mol. The molecular formula is C14H21NO2S. The maximum absolute atomic E-state index is 11.9. The maximum Gasteiger partial charge on any atom is 0.232 e. The monoisotopic (exact) mass is 267 g/mol. The summed E-state index contributed by atoms with van der Waals surface area (Å²) in [5, 5.41) is 9.66. The molecule has 0 aromatic heterocycles. The van der Waals surface area contributed by atoms with Crippen LogP contribution in [-0.2, 0) is 4.79 Å². The highest BCUT2D eigenvalue weighted by atomic mass is 32.2. The van der Waals surface area contributed by atoms with Crippen LogP contribution in [0.1, 0.15) is 32.4 Å². The summed E-state index contributed by atoms with van der Waals surface area (Å²) in [5.41, 5.74) is 0.884. The fraction of sp³-hybridized carbons (Fsp3) is 0.500. The van der Waals surface area contributed by atoms with Gasteiger partial charge in [0.2, 0.25) is 5.91 Å². The number of benzene rings is 1. The highest BCUT2D eigenvalue weighted by Gasteiger charge is 2.12. The van der Waals surface area contributed by atoms with E-state index in [-0.39, 0.29) is 5.91 Å². The Morgan fingerprint density at radius 1 is 1.33 bits per heavy atom. The molecule has 0 radical (unpaired) electrons. The van der Waals surface area contributed by atoms with Crippen LogP contribution in [0.2, 0.25) is 0 Å². The van der Waals surface area contributed by atoms with Gasteiger partial charge in [-0.15, -0.1) is 11.8 Å². The summed E-state index contributed by atoms with van der Waals surface area (Å²) in [6.07, 6.45) is -0.503.